The second-order valence-corrected chi connectivity index (χ2v) is 6.76. The first kappa shape index (κ1) is 22.8. The van der Waals surface area contributed by atoms with Crippen molar-refractivity contribution >= 4 is 17.6 Å². The van der Waals surface area contributed by atoms with Gasteiger partial charge in [-0.2, -0.15) is 0 Å². The predicted molar refractivity (Wildman–Crippen MR) is 112 cm³/mol. The molecule has 0 aromatic heterocycles. The molecule has 30 heavy (non-hydrogen) atoms. The number of allylic oxidation sites excluding steroid dienone is 1. The van der Waals surface area contributed by atoms with Crippen molar-refractivity contribution in [3.63, 3.8) is 0 Å². The Morgan fingerprint density at radius 1 is 1.07 bits per heavy atom. The van der Waals surface area contributed by atoms with E-state index in [2.05, 4.69) is 0 Å². The van der Waals surface area contributed by atoms with Gasteiger partial charge in [-0.25, -0.2) is 4.79 Å². The number of esters is 2. The number of hydrogen-bond donors (Lipinski definition) is 0. The van der Waals surface area contributed by atoms with Crippen molar-refractivity contribution in [3.8, 4) is 0 Å². The Morgan fingerprint density at radius 3 is 2.20 bits per heavy atom. The van der Waals surface area contributed by atoms with E-state index in [1.807, 2.05) is 31.2 Å². The number of aryl methyl sites for hydroxylation is 1. The van der Waals surface area contributed by atoms with Crippen molar-refractivity contribution in [2.24, 2.45) is 0 Å². The van der Waals surface area contributed by atoms with E-state index in [-0.39, 0.29) is 18.2 Å². The Hall–Kier alpha value is -3.48. The van der Waals surface area contributed by atoms with Crippen LogP contribution in [0.4, 0.5) is 5.69 Å². The fourth-order valence-electron chi connectivity index (χ4n) is 3.24. The number of rotatable bonds is 9. The van der Waals surface area contributed by atoms with Crippen molar-refractivity contribution in [1.82, 2.24) is 0 Å². The summed E-state index contributed by atoms with van der Waals surface area (Å²) in [5.41, 5.74) is 2.51. The molecule has 0 N–H and O–H groups in total. The van der Waals surface area contributed by atoms with Gasteiger partial charge in [0, 0.05) is 24.1 Å². The molecule has 7 heteroatoms. The monoisotopic (exact) mass is 411 g/mol. The molecule has 0 fully saturated rings. The van der Waals surface area contributed by atoms with E-state index in [1.165, 1.54) is 25.3 Å². The Bertz CT molecular complexity index is 902. The normalized spacial score (nSPS) is 12.9. The molecule has 0 radical (unpaired) electrons. The van der Waals surface area contributed by atoms with Gasteiger partial charge in [-0.05, 0) is 31.4 Å². The maximum absolute atomic E-state index is 12.7. The first-order valence-electron chi connectivity index (χ1n) is 9.59. The summed E-state index contributed by atoms with van der Waals surface area (Å²) in [5, 5.41) is 11.0. The van der Waals surface area contributed by atoms with Crippen LogP contribution in [0.15, 0.2) is 60.7 Å². The number of ether oxygens (including phenoxy) is 2. The minimum absolute atomic E-state index is 0.0588. The van der Waals surface area contributed by atoms with Crippen LogP contribution in [-0.4, -0.2) is 30.6 Å². The van der Waals surface area contributed by atoms with Crippen molar-refractivity contribution < 1.29 is 24.0 Å². The average molecular weight is 411 g/mol. The van der Waals surface area contributed by atoms with Crippen molar-refractivity contribution in [1.29, 1.82) is 0 Å². The smallest absolute Gasteiger partial charge is 0.330 e. The van der Waals surface area contributed by atoms with E-state index in [9.17, 15) is 19.7 Å². The molecule has 0 spiro atoms. The topological polar surface area (TPSA) is 95.7 Å². The second-order valence-electron chi connectivity index (χ2n) is 6.76. The zero-order valence-corrected chi connectivity index (χ0v) is 17.2. The molecular formula is C23H25NO6. The van der Waals surface area contributed by atoms with Gasteiger partial charge in [-0.3, -0.25) is 14.9 Å². The lowest BCUT2D eigenvalue weighted by Gasteiger charge is -2.25. The van der Waals surface area contributed by atoms with Crippen LogP contribution in [0.3, 0.4) is 0 Å². The molecule has 0 bridgehead atoms. The molecular weight excluding hydrogens is 386 g/mol. The number of carbonyl (C=O) groups is 2. The molecule has 0 aliphatic carbocycles. The zero-order valence-electron chi connectivity index (χ0n) is 17.2. The minimum atomic E-state index is -0.703. The summed E-state index contributed by atoms with van der Waals surface area (Å²) >= 11 is 0. The number of carbonyl (C=O) groups excluding carboxylic acids is 2. The number of methoxy groups -OCH3 is 1. The lowest BCUT2D eigenvalue weighted by atomic mass is 9.79. The number of nitro groups is 1. The highest BCUT2D eigenvalue weighted by Crippen LogP contribution is 2.37. The largest absolute Gasteiger partial charge is 0.469 e. The second kappa shape index (κ2) is 10.9. The number of benzene rings is 2. The van der Waals surface area contributed by atoms with Crippen LogP contribution in [0.1, 0.15) is 41.9 Å². The first-order valence-corrected chi connectivity index (χ1v) is 9.59. The molecule has 7 nitrogen and oxygen atoms in total. The van der Waals surface area contributed by atoms with Crippen LogP contribution in [0.25, 0.3) is 0 Å². The average Bonchev–Trinajstić information content (AvgIpc) is 2.74. The van der Waals surface area contributed by atoms with Gasteiger partial charge in [-0.1, -0.05) is 48.0 Å². The number of hydrogen-bond acceptors (Lipinski definition) is 6. The van der Waals surface area contributed by atoms with Crippen molar-refractivity contribution in [2.45, 2.75) is 32.1 Å². The van der Waals surface area contributed by atoms with Gasteiger partial charge in [0.1, 0.15) is 0 Å². The standard InChI is InChI=1S/C23H25NO6/c1-4-30-21(25)7-5-6-20(17-10-8-16(2)9-11-17)22(23(26)29-3)18-12-14-19(15-13-18)24(27)28/h5,7-15,20,22H,4,6H2,1-3H3/b7-5+. The summed E-state index contributed by atoms with van der Waals surface area (Å²) in [7, 11) is 1.31. The van der Waals surface area contributed by atoms with Gasteiger partial charge in [0.2, 0.25) is 0 Å². The number of non-ortho nitro benzene ring substituents is 1. The third-order valence-corrected chi connectivity index (χ3v) is 4.76. The number of nitrogens with zero attached hydrogens (tertiary/aromatic N) is 1. The summed E-state index contributed by atoms with van der Waals surface area (Å²) in [4.78, 5) is 34.9. The fourth-order valence-corrected chi connectivity index (χ4v) is 3.24. The SMILES string of the molecule is CCOC(=O)/C=C/CC(c1ccc(C)cc1)C(C(=O)OC)c1ccc([N+](=O)[O-])cc1. The minimum Gasteiger partial charge on any atom is -0.469 e. The van der Waals surface area contributed by atoms with Gasteiger partial charge in [0.15, 0.2) is 0 Å². The maximum Gasteiger partial charge on any atom is 0.330 e. The molecule has 2 aromatic rings. The fraction of sp³-hybridized carbons (Fsp3) is 0.304. The van der Waals surface area contributed by atoms with Gasteiger partial charge in [0.05, 0.1) is 24.6 Å². The zero-order chi connectivity index (χ0) is 22.1. The molecule has 2 atom stereocenters. The lowest BCUT2D eigenvalue weighted by molar-refractivity contribution is -0.384. The third-order valence-electron chi connectivity index (χ3n) is 4.76. The highest BCUT2D eigenvalue weighted by atomic mass is 16.6. The maximum atomic E-state index is 12.7. The van der Waals surface area contributed by atoms with E-state index in [1.54, 1.807) is 25.1 Å². The van der Waals surface area contributed by atoms with Crippen LogP contribution in [-0.2, 0) is 19.1 Å². The molecule has 0 amide bonds. The van der Waals surface area contributed by atoms with Crippen molar-refractivity contribution in [3.05, 3.63) is 87.5 Å². The van der Waals surface area contributed by atoms with Crippen LogP contribution >= 0.6 is 0 Å². The molecule has 0 aliphatic heterocycles. The van der Waals surface area contributed by atoms with Gasteiger partial charge < -0.3 is 9.47 Å². The lowest BCUT2D eigenvalue weighted by Crippen LogP contribution is -2.22. The predicted octanol–water partition coefficient (Wildman–Crippen LogP) is 4.45. The quantitative estimate of drug-likeness (QED) is 0.262. The molecule has 2 aromatic carbocycles. The summed E-state index contributed by atoms with van der Waals surface area (Å²) in [5.74, 6) is -1.96. The highest BCUT2D eigenvalue weighted by Gasteiger charge is 2.32. The van der Waals surface area contributed by atoms with Crippen LogP contribution in [0.5, 0.6) is 0 Å². The molecule has 2 unspecified atom stereocenters. The summed E-state index contributed by atoms with van der Waals surface area (Å²) < 4.78 is 9.96. The van der Waals surface area contributed by atoms with E-state index in [0.29, 0.717) is 12.0 Å². The van der Waals surface area contributed by atoms with Crippen molar-refractivity contribution in [2.75, 3.05) is 13.7 Å². The van der Waals surface area contributed by atoms with Crippen LogP contribution in [0.2, 0.25) is 0 Å². The number of nitro benzene ring substituents is 1. The molecule has 0 aliphatic rings. The third kappa shape index (κ3) is 6.01. The Labute approximate surface area is 175 Å². The van der Waals surface area contributed by atoms with Gasteiger partial charge >= 0.3 is 11.9 Å². The van der Waals surface area contributed by atoms with Gasteiger partial charge in [0.25, 0.3) is 5.69 Å². The molecule has 0 heterocycles. The molecule has 158 valence electrons. The first-order chi connectivity index (χ1) is 14.4. The molecule has 0 saturated carbocycles. The van der Waals surface area contributed by atoms with Crippen LogP contribution in [0, 0.1) is 17.0 Å². The Kier molecular flexibility index (Phi) is 8.29. The van der Waals surface area contributed by atoms with E-state index < -0.39 is 22.8 Å². The van der Waals surface area contributed by atoms with E-state index >= 15 is 0 Å². The van der Waals surface area contributed by atoms with E-state index in [0.717, 1.165) is 11.1 Å². The molecule has 0 saturated heterocycles. The highest BCUT2D eigenvalue weighted by molar-refractivity contribution is 5.82. The summed E-state index contributed by atoms with van der Waals surface area (Å²) in [6, 6.07) is 13.6. The Balaban J connectivity index is 2.45. The molecule has 2 rings (SSSR count). The summed E-state index contributed by atoms with van der Waals surface area (Å²) in [6.07, 6.45) is 3.39. The van der Waals surface area contributed by atoms with Crippen LogP contribution < -0.4 is 0 Å². The van der Waals surface area contributed by atoms with Gasteiger partial charge in [-0.15, -0.1) is 0 Å². The van der Waals surface area contributed by atoms with E-state index in [4.69, 9.17) is 9.47 Å². The summed E-state index contributed by atoms with van der Waals surface area (Å²) in [6.45, 7) is 3.97. The Morgan fingerprint density at radius 2 is 1.67 bits per heavy atom.